The molecule has 0 aliphatic rings. The zero-order chi connectivity index (χ0) is 17.7. The maximum absolute atomic E-state index is 13.9. The topological polar surface area (TPSA) is 35.5 Å². The van der Waals surface area contributed by atoms with Gasteiger partial charge in [-0.3, -0.25) is 0 Å². The predicted molar refractivity (Wildman–Crippen MR) is 83.2 cm³/mol. The molecule has 0 aliphatic carbocycles. The molecule has 0 spiro atoms. The van der Waals surface area contributed by atoms with Crippen LogP contribution in [0.25, 0.3) is 0 Å². The Hall–Kier alpha value is -2.50. The number of hydrogen-bond acceptors (Lipinski definition) is 3. The minimum absolute atomic E-state index is 0.0484. The quantitative estimate of drug-likeness (QED) is 0.731. The van der Waals surface area contributed by atoms with E-state index in [1.54, 1.807) is 31.2 Å². The lowest BCUT2D eigenvalue weighted by Gasteiger charge is -2.19. The maximum Gasteiger partial charge on any atom is 0.338 e. The van der Waals surface area contributed by atoms with E-state index in [4.69, 9.17) is 4.74 Å². The second-order valence-corrected chi connectivity index (χ2v) is 5.27. The first-order valence-corrected chi connectivity index (χ1v) is 7.23. The molecule has 0 bridgehead atoms. The van der Waals surface area contributed by atoms with Gasteiger partial charge in [-0.2, -0.15) is 8.78 Å². The van der Waals surface area contributed by atoms with E-state index in [-0.39, 0.29) is 17.9 Å². The summed E-state index contributed by atoms with van der Waals surface area (Å²) in [6, 6.07) is 11.2. The zero-order valence-electron chi connectivity index (χ0n) is 13.3. The standard InChI is InChI=1S/C18H17F3O3/c1-12-8-16(24-10-13-6-4-3-5-7-13)15(18(20,21)11-19)9-14(12)17(22)23-2/h3-9H,10-11H2,1-2H3. The number of rotatable bonds is 6. The molecule has 2 rings (SSSR count). The molecule has 0 atom stereocenters. The van der Waals surface area contributed by atoms with Crippen LogP contribution in [0.4, 0.5) is 13.2 Å². The third kappa shape index (κ3) is 3.88. The van der Waals surface area contributed by atoms with Crippen molar-refractivity contribution in [3.63, 3.8) is 0 Å². The van der Waals surface area contributed by atoms with Gasteiger partial charge in [-0.15, -0.1) is 0 Å². The highest BCUT2D eigenvalue weighted by Crippen LogP contribution is 2.38. The Bertz CT molecular complexity index is 715. The molecule has 128 valence electrons. The molecule has 24 heavy (non-hydrogen) atoms. The van der Waals surface area contributed by atoms with Gasteiger partial charge in [-0.05, 0) is 30.2 Å². The van der Waals surface area contributed by atoms with Crippen molar-refractivity contribution in [3.8, 4) is 5.75 Å². The second-order valence-electron chi connectivity index (χ2n) is 5.27. The van der Waals surface area contributed by atoms with Crippen LogP contribution in [-0.4, -0.2) is 19.8 Å². The fourth-order valence-electron chi connectivity index (χ4n) is 2.22. The maximum atomic E-state index is 13.9. The van der Waals surface area contributed by atoms with Crippen LogP contribution >= 0.6 is 0 Å². The molecule has 0 saturated carbocycles. The van der Waals surface area contributed by atoms with Gasteiger partial charge in [-0.25, -0.2) is 9.18 Å². The number of aryl methyl sites for hydroxylation is 1. The van der Waals surface area contributed by atoms with E-state index in [1.807, 2.05) is 6.07 Å². The van der Waals surface area contributed by atoms with Crippen molar-refractivity contribution in [1.82, 2.24) is 0 Å². The molecular weight excluding hydrogens is 321 g/mol. The lowest BCUT2D eigenvalue weighted by atomic mass is 10.00. The highest BCUT2D eigenvalue weighted by atomic mass is 19.3. The van der Waals surface area contributed by atoms with Gasteiger partial charge >= 0.3 is 11.9 Å². The largest absolute Gasteiger partial charge is 0.488 e. The number of carbonyl (C=O) groups excluding carboxylic acids is 1. The van der Waals surface area contributed by atoms with E-state index >= 15 is 0 Å². The van der Waals surface area contributed by atoms with E-state index in [1.165, 1.54) is 6.07 Å². The number of ether oxygens (including phenoxy) is 2. The molecule has 0 saturated heterocycles. The molecule has 0 fully saturated rings. The van der Waals surface area contributed by atoms with Crippen LogP contribution in [0.2, 0.25) is 0 Å². The number of carbonyl (C=O) groups is 1. The first-order valence-electron chi connectivity index (χ1n) is 7.23. The smallest absolute Gasteiger partial charge is 0.338 e. The monoisotopic (exact) mass is 338 g/mol. The van der Waals surface area contributed by atoms with Gasteiger partial charge in [-0.1, -0.05) is 30.3 Å². The summed E-state index contributed by atoms with van der Waals surface area (Å²) in [4.78, 5) is 11.7. The SMILES string of the molecule is COC(=O)c1cc(C(F)(F)CF)c(OCc2ccccc2)cc1C. The van der Waals surface area contributed by atoms with Crippen LogP contribution in [0, 0.1) is 6.92 Å². The number of halogens is 3. The van der Waals surface area contributed by atoms with Crippen LogP contribution in [0.1, 0.15) is 27.0 Å². The van der Waals surface area contributed by atoms with Crippen molar-refractivity contribution in [1.29, 1.82) is 0 Å². The lowest BCUT2D eigenvalue weighted by Crippen LogP contribution is -2.19. The van der Waals surface area contributed by atoms with Gasteiger partial charge in [0.15, 0.2) is 6.67 Å². The normalized spacial score (nSPS) is 11.2. The first-order chi connectivity index (χ1) is 11.4. The highest BCUT2D eigenvalue weighted by Gasteiger charge is 2.36. The van der Waals surface area contributed by atoms with E-state index in [2.05, 4.69) is 4.74 Å². The third-order valence-corrected chi connectivity index (χ3v) is 3.53. The van der Waals surface area contributed by atoms with Crippen molar-refractivity contribution in [2.75, 3.05) is 13.8 Å². The van der Waals surface area contributed by atoms with E-state index < -0.39 is 24.1 Å². The molecular formula is C18H17F3O3. The Morgan fingerprint density at radius 2 is 1.83 bits per heavy atom. The second kappa shape index (κ2) is 7.38. The lowest BCUT2D eigenvalue weighted by molar-refractivity contribution is -0.0305. The molecule has 0 amide bonds. The average Bonchev–Trinajstić information content (AvgIpc) is 2.60. The van der Waals surface area contributed by atoms with Crippen LogP contribution in [0.5, 0.6) is 5.75 Å². The number of alkyl halides is 3. The molecule has 0 radical (unpaired) electrons. The Balaban J connectivity index is 2.41. The summed E-state index contributed by atoms with van der Waals surface area (Å²) in [6.45, 7) is -0.273. The number of hydrogen-bond donors (Lipinski definition) is 0. The van der Waals surface area contributed by atoms with Crippen LogP contribution in [0.15, 0.2) is 42.5 Å². The van der Waals surface area contributed by atoms with Crippen LogP contribution in [-0.2, 0) is 17.3 Å². The Morgan fingerprint density at radius 3 is 2.42 bits per heavy atom. The average molecular weight is 338 g/mol. The Labute approximate surface area is 138 Å². The fraction of sp³-hybridized carbons (Fsp3) is 0.278. The molecule has 3 nitrogen and oxygen atoms in total. The van der Waals surface area contributed by atoms with Crippen molar-refractivity contribution in [2.45, 2.75) is 19.5 Å². The molecule has 2 aromatic carbocycles. The van der Waals surface area contributed by atoms with Crippen molar-refractivity contribution in [2.24, 2.45) is 0 Å². The summed E-state index contributed by atoms with van der Waals surface area (Å²) in [6.07, 6.45) is 0. The van der Waals surface area contributed by atoms with E-state index in [0.29, 0.717) is 5.56 Å². The summed E-state index contributed by atoms with van der Waals surface area (Å²) < 4.78 is 50.7. The van der Waals surface area contributed by atoms with Gasteiger partial charge < -0.3 is 9.47 Å². The fourth-order valence-corrected chi connectivity index (χ4v) is 2.22. The summed E-state index contributed by atoms with van der Waals surface area (Å²) >= 11 is 0. The van der Waals surface area contributed by atoms with Crippen LogP contribution < -0.4 is 4.74 Å². The molecule has 6 heteroatoms. The minimum atomic E-state index is -3.76. The molecule has 0 aliphatic heterocycles. The van der Waals surface area contributed by atoms with Gasteiger partial charge in [0, 0.05) is 0 Å². The summed E-state index contributed by atoms with van der Waals surface area (Å²) in [5, 5.41) is 0. The highest BCUT2D eigenvalue weighted by molar-refractivity contribution is 5.91. The van der Waals surface area contributed by atoms with Gasteiger partial charge in [0.2, 0.25) is 0 Å². The first kappa shape index (κ1) is 17.8. The number of esters is 1. The zero-order valence-corrected chi connectivity index (χ0v) is 13.3. The van der Waals surface area contributed by atoms with Gasteiger partial charge in [0.05, 0.1) is 18.2 Å². The molecule has 0 unspecified atom stereocenters. The van der Waals surface area contributed by atoms with Gasteiger partial charge in [0.1, 0.15) is 12.4 Å². The summed E-state index contributed by atoms with van der Waals surface area (Å²) in [5.74, 6) is -4.69. The van der Waals surface area contributed by atoms with E-state index in [9.17, 15) is 18.0 Å². The van der Waals surface area contributed by atoms with Crippen molar-refractivity contribution >= 4 is 5.97 Å². The van der Waals surface area contributed by atoms with Crippen molar-refractivity contribution in [3.05, 3.63) is 64.7 Å². The molecule has 0 N–H and O–H groups in total. The Kier molecular flexibility index (Phi) is 5.49. The predicted octanol–water partition coefficient (Wildman–Crippen LogP) is 4.42. The van der Waals surface area contributed by atoms with Crippen LogP contribution in [0.3, 0.4) is 0 Å². The molecule has 0 heterocycles. The van der Waals surface area contributed by atoms with Crippen molar-refractivity contribution < 1.29 is 27.4 Å². The summed E-state index contributed by atoms with van der Waals surface area (Å²) in [7, 11) is 1.15. The summed E-state index contributed by atoms with van der Waals surface area (Å²) in [5.41, 5.74) is 0.463. The van der Waals surface area contributed by atoms with E-state index in [0.717, 1.165) is 18.7 Å². The Morgan fingerprint density at radius 1 is 1.17 bits per heavy atom. The third-order valence-electron chi connectivity index (χ3n) is 3.53. The van der Waals surface area contributed by atoms with Gasteiger partial charge in [0.25, 0.3) is 0 Å². The minimum Gasteiger partial charge on any atom is -0.488 e. The number of benzene rings is 2. The number of methoxy groups -OCH3 is 1. The molecule has 2 aromatic rings. The molecule has 0 aromatic heterocycles.